The molecule has 0 N–H and O–H groups in total. The molecule has 0 amide bonds. The zero-order valence-electron chi connectivity index (χ0n) is 57.1. The zero-order chi connectivity index (χ0) is 71.6. The van der Waals surface area contributed by atoms with Gasteiger partial charge in [-0.05, 0) is 132 Å². The second kappa shape index (κ2) is 28.3. The minimum absolute atomic E-state index is 0. The fraction of sp³-hybridized carbons (Fsp3) is 0.176. The molecule has 11 aromatic rings. The number of ether oxygens (including phenoxy) is 4. The third-order valence-corrected chi connectivity index (χ3v) is 22.4. The van der Waals surface area contributed by atoms with Gasteiger partial charge >= 0.3 is 19.5 Å². The molecule has 0 saturated carbocycles. The smallest absolute Gasteiger partial charge is 0.457 e. The molecular weight excluding hydrogens is 1310 g/mol. The summed E-state index contributed by atoms with van der Waals surface area (Å²) in [4.78, 5) is 42.8. The van der Waals surface area contributed by atoms with Gasteiger partial charge in [0.1, 0.15) is 46.0 Å². The van der Waals surface area contributed by atoms with Gasteiger partial charge in [0.05, 0.1) is 89.5 Å². The number of fused-ring (bicyclic) bond motifs is 20. The van der Waals surface area contributed by atoms with Crippen LogP contribution in [0, 0.1) is 0 Å². The van der Waals surface area contributed by atoms with Crippen LogP contribution in [0.5, 0.6) is 46.0 Å². The molecule has 4 saturated heterocycles. The van der Waals surface area contributed by atoms with Gasteiger partial charge in [0.2, 0.25) is 0 Å². The maximum atomic E-state index is 6.89. The third-order valence-electron chi connectivity index (χ3n) is 22.4. The van der Waals surface area contributed by atoms with E-state index < -0.39 is 20.9 Å². The Morgan fingerprint density at radius 2 is 0.590 bits per heavy atom. The second-order valence-corrected chi connectivity index (χ2v) is 28.0. The Balaban J connectivity index is 0.00000847. The molecule has 0 aliphatic carbocycles. The van der Waals surface area contributed by atoms with E-state index in [1.807, 2.05) is 170 Å². The average Bonchev–Trinajstić information content (AvgIpc) is 1.57. The van der Waals surface area contributed by atoms with Crippen LogP contribution in [-0.2, 0) is 45.2 Å². The molecule has 17 rings (SSSR count). The summed E-state index contributed by atoms with van der Waals surface area (Å²) in [7, 11) is 87.9. The Bertz CT molecular complexity index is 5050. The summed E-state index contributed by atoms with van der Waals surface area (Å²) in [6, 6.07) is 53.9. The molecule has 6 aliphatic heterocycles. The van der Waals surface area contributed by atoms with E-state index in [4.69, 9.17) is 152 Å². The maximum absolute atomic E-state index is 6.89. The summed E-state index contributed by atoms with van der Waals surface area (Å²) < 4.78 is 27.5. The number of rotatable bonds is 24. The minimum atomic E-state index is -0.448. The van der Waals surface area contributed by atoms with Gasteiger partial charge < -0.3 is 48.9 Å². The van der Waals surface area contributed by atoms with Gasteiger partial charge in [-0.1, -0.05) is 97.1 Å². The maximum Gasteiger partial charge on any atom is 2.00 e. The van der Waals surface area contributed by atoms with Crippen LogP contribution in [0.4, 0.5) is 0 Å². The molecule has 8 bridgehead atoms. The fourth-order valence-corrected chi connectivity index (χ4v) is 16.0. The Morgan fingerprint density at radius 1 is 0.324 bits per heavy atom. The van der Waals surface area contributed by atoms with Crippen LogP contribution in [0.25, 0.3) is 89.7 Å². The molecule has 8 unspecified atom stereocenters. The van der Waals surface area contributed by atoms with Crippen LogP contribution in [0.2, 0.25) is 43.7 Å². The minimum Gasteiger partial charge on any atom is -0.457 e. The molecular formula is C68H40B24N8O4Zn. The van der Waals surface area contributed by atoms with Crippen LogP contribution in [-0.4, -0.2) is 207 Å². The van der Waals surface area contributed by atoms with Crippen molar-refractivity contribution in [3.05, 3.63) is 192 Å². The predicted octanol–water partition coefficient (Wildman–Crippen LogP) is 6.56. The van der Waals surface area contributed by atoms with Crippen LogP contribution in [0.15, 0.2) is 170 Å². The molecule has 450 valence electrons. The molecule has 0 spiro atoms. The third kappa shape index (κ3) is 12.3. The SMILES string of the molecule is [B][10B]C1[10B]([B])C1([10B][B])Cc1ccc(Oc2cccc3c2-c2nc-3nc3[n-]c(nc4nc(nc5[n-]c(n2)c2c(Oc6ccc(CC7([10B][B])[10B]([B])C7[10B][B])cc6)cccc52)-c2cccc(Oc5ccc(CC6([10B][B])[10B]([B])C6[10B][B])cc5)c2-4)c2c(Oc4ccc(CC5([10B][B])[10B]([B])C5[10B][B])cc4)cccc32)cc1.[Zn+2]. The van der Waals surface area contributed by atoms with Gasteiger partial charge in [-0.3, -0.25) is 0 Å². The van der Waals surface area contributed by atoms with Crippen LogP contribution < -0.4 is 28.9 Å². The summed E-state index contributed by atoms with van der Waals surface area (Å²) >= 11 is 0. The summed E-state index contributed by atoms with van der Waals surface area (Å²) in [6.45, 7) is -0.749. The van der Waals surface area contributed by atoms with Crippen LogP contribution >= 0.6 is 0 Å². The van der Waals surface area contributed by atoms with Crippen LogP contribution in [0.1, 0.15) is 22.3 Å². The number of hydrogen-bond donors (Lipinski definition) is 0. The average molecular weight is 1350 g/mol. The van der Waals surface area contributed by atoms with Crippen molar-refractivity contribution in [2.45, 2.75) is 69.4 Å². The quantitative estimate of drug-likeness (QED) is 0.0605. The zero-order valence-corrected chi connectivity index (χ0v) is 60.0. The first kappa shape index (κ1) is 71.7. The van der Waals surface area contributed by atoms with Crippen molar-refractivity contribution in [2.75, 3.05) is 0 Å². The molecule has 32 radical (unpaired) electrons. The van der Waals surface area contributed by atoms with Gasteiger partial charge in [0, 0.05) is 166 Å². The molecule has 105 heavy (non-hydrogen) atoms. The van der Waals surface area contributed by atoms with E-state index >= 15 is 0 Å². The second-order valence-electron chi connectivity index (χ2n) is 28.0. The van der Waals surface area contributed by atoms with E-state index in [-0.39, 0.29) is 115 Å². The Kier molecular flexibility index (Phi) is 19.3. The van der Waals surface area contributed by atoms with Crippen molar-refractivity contribution in [3.8, 4) is 91.5 Å². The molecule has 9 heterocycles. The monoisotopic (exact) mass is 1350 g/mol. The van der Waals surface area contributed by atoms with Crippen molar-refractivity contribution in [2.24, 2.45) is 0 Å². The largest absolute Gasteiger partial charge is 2.00 e. The van der Waals surface area contributed by atoms with Gasteiger partial charge in [-0.25, -0.2) is 9.97 Å². The molecule has 8 aromatic carbocycles. The summed E-state index contributed by atoms with van der Waals surface area (Å²) in [5.41, 5.74) is 7.14. The van der Waals surface area contributed by atoms with Crippen molar-refractivity contribution in [3.63, 3.8) is 0 Å². The van der Waals surface area contributed by atoms with Crippen molar-refractivity contribution >= 4 is 221 Å². The number of hydrogen-bond acceptors (Lipinski definition) is 10. The van der Waals surface area contributed by atoms with E-state index in [9.17, 15) is 0 Å². The van der Waals surface area contributed by atoms with Crippen molar-refractivity contribution < 1.29 is 38.4 Å². The molecule has 4 fully saturated rings. The molecule has 12 nitrogen and oxygen atoms in total. The molecule has 37 heteroatoms. The first-order chi connectivity index (χ1) is 50.6. The molecule has 8 atom stereocenters. The van der Waals surface area contributed by atoms with Crippen molar-refractivity contribution in [1.82, 2.24) is 39.9 Å². The Hall–Kier alpha value is -7.50. The van der Waals surface area contributed by atoms with Gasteiger partial charge in [-0.2, -0.15) is 0 Å². The first-order valence-electron chi connectivity index (χ1n) is 34.4. The topological polar surface area (TPSA) is 142 Å². The summed E-state index contributed by atoms with van der Waals surface area (Å²) in [6.07, 6.45) is 2.38. The Labute approximate surface area is 647 Å². The van der Waals surface area contributed by atoms with Gasteiger partial charge in [0.25, 0.3) is 0 Å². The van der Waals surface area contributed by atoms with E-state index in [0.29, 0.717) is 115 Å². The number of benzene rings is 8. The van der Waals surface area contributed by atoms with E-state index in [1.54, 1.807) is 57.4 Å². The first-order valence-corrected chi connectivity index (χ1v) is 34.4. The summed E-state index contributed by atoms with van der Waals surface area (Å²) in [5, 5.41) is 0.462. The number of nitrogens with zero attached hydrogens (tertiary/aromatic N) is 8. The van der Waals surface area contributed by atoms with Gasteiger partial charge in [0.15, 0.2) is 0 Å². The number of aromatic nitrogens is 8. The molecule has 3 aromatic heterocycles. The fourth-order valence-electron chi connectivity index (χ4n) is 16.0. The molecule has 6 aliphatic rings. The van der Waals surface area contributed by atoms with Crippen LogP contribution in [0.3, 0.4) is 0 Å². The Morgan fingerprint density at radius 3 is 0.867 bits per heavy atom. The summed E-state index contributed by atoms with van der Waals surface area (Å²) in [5.74, 6) is 4.93. The van der Waals surface area contributed by atoms with Gasteiger partial charge in [-0.15, -0.1) is 43.7 Å². The standard InChI is InChI=1S/C68H40B24N8O4.Zn/c69-81-61-65(85-73,89(61)77)29-33-13-21-37(22-14-33)101-45-9-1-5-41-49(45)57-95-53(41)93-54-42-6-2-10-46(102-38-23-15-34(16-24-38)30-66(86-74)62(82-70)90(66)78)50(42)59(96-54)100-60-52-44(8-4-12-48(52)104-40-27-19-36(20-28-40)32-68(88-76)64(84-72)92(68)80)56(98-60)94-55-43-7-3-11-47(51(43)58(97-55)99-57)103-39-25-17-35(18-26-39)31-67(87-75)63(83-71)91(67)79;/h1-28,61-64H,29-32H2;/q-2;+2/i81-1,82-1,83-1,84-1,85-1,86-1,87-1,88-1,89-1,90-1,91-1,92-1;. The van der Waals surface area contributed by atoms with Crippen molar-refractivity contribution in [1.29, 1.82) is 0 Å². The van der Waals surface area contributed by atoms with E-state index in [0.717, 1.165) is 22.3 Å². The van der Waals surface area contributed by atoms with E-state index in [1.165, 1.54) is 0 Å². The normalized spacial score (nSPS) is 21.9. The van der Waals surface area contributed by atoms with E-state index in [2.05, 4.69) is 0 Å². The predicted molar refractivity (Wildman–Crippen MR) is 439 cm³/mol.